The van der Waals surface area contributed by atoms with Crippen LogP contribution in [0.1, 0.15) is 43.3 Å². The third-order valence-corrected chi connectivity index (χ3v) is 4.95. The van der Waals surface area contributed by atoms with Crippen molar-refractivity contribution in [2.24, 2.45) is 5.92 Å². The predicted octanol–water partition coefficient (Wildman–Crippen LogP) is 3.60. The van der Waals surface area contributed by atoms with Crippen molar-refractivity contribution in [3.63, 3.8) is 0 Å². The van der Waals surface area contributed by atoms with Crippen LogP contribution in [-0.4, -0.2) is 27.8 Å². The zero-order valence-corrected chi connectivity index (χ0v) is 13.7. The molecule has 0 aliphatic heterocycles. The number of ether oxygens (including phenoxy) is 1. The van der Waals surface area contributed by atoms with Crippen molar-refractivity contribution in [3.8, 4) is 11.3 Å². The lowest BCUT2D eigenvalue weighted by atomic mass is 9.80. The van der Waals surface area contributed by atoms with E-state index < -0.39 is 0 Å². The van der Waals surface area contributed by atoms with E-state index in [1.54, 1.807) is 6.07 Å². The molecule has 0 saturated heterocycles. The van der Waals surface area contributed by atoms with Crippen LogP contribution in [0.15, 0.2) is 24.4 Å². The summed E-state index contributed by atoms with van der Waals surface area (Å²) < 4.78 is 6.81. The molecule has 2 heterocycles. The number of pyridine rings is 1. The van der Waals surface area contributed by atoms with Gasteiger partial charge in [0.1, 0.15) is 5.15 Å². The maximum absolute atomic E-state index is 11.5. The molecule has 6 heteroatoms. The number of carbonyl (C=O) groups is 1. The SMILES string of the molecule is COC(=O)[C@H]1C[C@@H](n2cc(-c3cccc(Cl)n3)c(C3CC3)n2)C1. The molecule has 0 amide bonds. The predicted molar refractivity (Wildman–Crippen MR) is 86.2 cm³/mol. The molecule has 2 aliphatic rings. The maximum atomic E-state index is 11.5. The lowest BCUT2D eigenvalue weighted by molar-refractivity contribution is -0.149. The standard InChI is InChI=1S/C17H18ClN3O2/c1-23-17(22)11-7-12(8-11)21-9-13(16(20-21)10-5-6-10)14-3-2-4-15(18)19-14/h2-4,9-12H,5-8H2,1H3/t11-,12+. The number of rotatable bonds is 4. The van der Waals surface area contributed by atoms with Crippen molar-refractivity contribution in [3.05, 3.63) is 35.2 Å². The van der Waals surface area contributed by atoms with Gasteiger partial charge in [-0.25, -0.2) is 4.98 Å². The van der Waals surface area contributed by atoms with Crippen LogP contribution in [0.5, 0.6) is 0 Å². The van der Waals surface area contributed by atoms with Crippen molar-refractivity contribution < 1.29 is 9.53 Å². The van der Waals surface area contributed by atoms with Gasteiger partial charge >= 0.3 is 5.97 Å². The molecule has 0 aromatic carbocycles. The Balaban J connectivity index is 1.61. The Morgan fingerprint density at radius 1 is 1.35 bits per heavy atom. The van der Waals surface area contributed by atoms with Gasteiger partial charge in [0.15, 0.2) is 0 Å². The van der Waals surface area contributed by atoms with Gasteiger partial charge < -0.3 is 4.74 Å². The van der Waals surface area contributed by atoms with E-state index in [1.807, 2.05) is 16.8 Å². The average Bonchev–Trinajstić information content (AvgIpc) is 3.26. The number of esters is 1. The van der Waals surface area contributed by atoms with Gasteiger partial charge in [0.05, 0.1) is 30.5 Å². The minimum atomic E-state index is -0.118. The van der Waals surface area contributed by atoms with E-state index in [0.29, 0.717) is 11.1 Å². The fraction of sp³-hybridized carbons (Fsp3) is 0.471. The van der Waals surface area contributed by atoms with Crippen LogP contribution in [0.2, 0.25) is 5.15 Å². The van der Waals surface area contributed by atoms with E-state index in [1.165, 1.54) is 20.0 Å². The molecule has 2 aromatic rings. The first-order chi connectivity index (χ1) is 11.2. The second-order valence-corrected chi connectivity index (χ2v) is 6.76. The van der Waals surface area contributed by atoms with E-state index in [2.05, 4.69) is 11.2 Å². The fourth-order valence-electron chi connectivity index (χ4n) is 3.17. The molecule has 23 heavy (non-hydrogen) atoms. The molecule has 0 bridgehead atoms. The minimum Gasteiger partial charge on any atom is -0.469 e. The number of hydrogen-bond donors (Lipinski definition) is 0. The Bertz CT molecular complexity index is 748. The van der Waals surface area contributed by atoms with E-state index in [9.17, 15) is 4.79 Å². The van der Waals surface area contributed by atoms with Gasteiger partial charge in [-0.15, -0.1) is 0 Å². The Kier molecular flexibility index (Phi) is 3.60. The highest BCUT2D eigenvalue weighted by Crippen LogP contribution is 2.45. The summed E-state index contributed by atoms with van der Waals surface area (Å²) in [6.07, 6.45) is 6.01. The molecule has 5 nitrogen and oxygen atoms in total. The van der Waals surface area contributed by atoms with E-state index in [-0.39, 0.29) is 17.9 Å². The van der Waals surface area contributed by atoms with E-state index >= 15 is 0 Å². The summed E-state index contributed by atoms with van der Waals surface area (Å²) >= 11 is 6.03. The zero-order chi connectivity index (χ0) is 16.0. The lowest BCUT2D eigenvalue weighted by Crippen LogP contribution is -2.33. The Morgan fingerprint density at radius 2 is 2.13 bits per heavy atom. The topological polar surface area (TPSA) is 57.0 Å². The highest BCUT2D eigenvalue weighted by molar-refractivity contribution is 6.29. The van der Waals surface area contributed by atoms with Crippen molar-refractivity contribution in [2.45, 2.75) is 37.6 Å². The normalized spacial score (nSPS) is 23.4. The van der Waals surface area contributed by atoms with Crippen LogP contribution in [0.25, 0.3) is 11.3 Å². The van der Waals surface area contributed by atoms with Crippen molar-refractivity contribution in [2.75, 3.05) is 7.11 Å². The third kappa shape index (κ3) is 2.74. The third-order valence-electron chi connectivity index (χ3n) is 4.74. The van der Waals surface area contributed by atoms with Gasteiger partial charge in [0.2, 0.25) is 0 Å². The summed E-state index contributed by atoms with van der Waals surface area (Å²) in [5.74, 6) is 0.419. The first kappa shape index (κ1) is 14.7. The van der Waals surface area contributed by atoms with E-state index in [4.69, 9.17) is 21.4 Å². The van der Waals surface area contributed by atoms with Crippen molar-refractivity contribution in [1.82, 2.24) is 14.8 Å². The number of hydrogen-bond acceptors (Lipinski definition) is 4. The van der Waals surface area contributed by atoms with Crippen LogP contribution in [0.3, 0.4) is 0 Å². The van der Waals surface area contributed by atoms with Gasteiger partial charge in [-0.1, -0.05) is 17.7 Å². The molecule has 2 saturated carbocycles. The number of halogens is 1. The van der Waals surface area contributed by atoms with Crippen LogP contribution in [0, 0.1) is 5.92 Å². The maximum Gasteiger partial charge on any atom is 0.308 e. The monoisotopic (exact) mass is 331 g/mol. The average molecular weight is 332 g/mol. The smallest absolute Gasteiger partial charge is 0.308 e. The molecular weight excluding hydrogens is 314 g/mol. The molecule has 0 unspecified atom stereocenters. The molecule has 0 N–H and O–H groups in total. The first-order valence-electron chi connectivity index (χ1n) is 7.95. The van der Waals surface area contributed by atoms with Crippen molar-refractivity contribution in [1.29, 1.82) is 0 Å². The van der Waals surface area contributed by atoms with Crippen LogP contribution >= 0.6 is 11.6 Å². The van der Waals surface area contributed by atoms with Gasteiger partial charge in [-0.3, -0.25) is 9.48 Å². The molecule has 0 spiro atoms. The molecule has 2 aliphatic carbocycles. The van der Waals surface area contributed by atoms with Gasteiger partial charge in [0, 0.05) is 17.7 Å². The molecule has 0 radical (unpaired) electrons. The Morgan fingerprint density at radius 3 is 2.78 bits per heavy atom. The van der Waals surface area contributed by atoms with Gasteiger partial charge in [-0.05, 0) is 37.8 Å². The quantitative estimate of drug-likeness (QED) is 0.634. The van der Waals surface area contributed by atoms with Crippen LogP contribution < -0.4 is 0 Å². The molecular formula is C17H18ClN3O2. The van der Waals surface area contributed by atoms with Gasteiger partial charge in [0.25, 0.3) is 0 Å². The number of nitrogens with zero attached hydrogens (tertiary/aromatic N) is 3. The zero-order valence-electron chi connectivity index (χ0n) is 12.9. The largest absolute Gasteiger partial charge is 0.469 e. The van der Waals surface area contributed by atoms with Gasteiger partial charge in [-0.2, -0.15) is 5.10 Å². The van der Waals surface area contributed by atoms with E-state index in [0.717, 1.165) is 29.8 Å². The molecule has 4 rings (SSSR count). The minimum absolute atomic E-state index is 0.00585. The fourth-order valence-corrected chi connectivity index (χ4v) is 3.33. The first-order valence-corrected chi connectivity index (χ1v) is 8.33. The summed E-state index contributed by atoms with van der Waals surface area (Å²) in [6, 6.07) is 5.93. The highest BCUT2D eigenvalue weighted by atomic mass is 35.5. The van der Waals surface area contributed by atoms with Crippen LogP contribution in [-0.2, 0) is 9.53 Å². The molecule has 2 fully saturated rings. The second-order valence-electron chi connectivity index (χ2n) is 6.37. The molecule has 2 aromatic heterocycles. The second kappa shape index (κ2) is 5.64. The lowest BCUT2D eigenvalue weighted by Gasteiger charge is -2.33. The number of aromatic nitrogens is 3. The number of carbonyl (C=O) groups excluding carboxylic acids is 1. The molecule has 120 valence electrons. The Hall–Kier alpha value is -1.88. The summed E-state index contributed by atoms with van der Waals surface area (Å²) in [7, 11) is 1.44. The summed E-state index contributed by atoms with van der Waals surface area (Å²) in [5, 5.41) is 5.29. The summed E-state index contributed by atoms with van der Waals surface area (Å²) in [5.41, 5.74) is 3.05. The Labute approximate surface area is 139 Å². The van der Waals surface area contributed by atoms with Crippen molar-refractivity contribution >= 4 is 17.6 Å². The summed E-state index contributed by atoms with van der Waals surface area (Å²) in [6.45, 7) is 0. The number of methoxy groups -OCH3 is 1. The molecule has 0 atom stereocenters. The highest BCUT2D eigenvalue weighted by Gasteiger charge is 2.38. The summed E-state index contributed by atoms with van der Waals surface area (Å²) in [4.78, 5) is 16.0. The van der Waals surface area contributed by atoms with Crippen LogP contribution in [0.4, 0.5) is 0 Å².